The number of likely N-dealkylation sites (N-methyl/N-ethyl adjacent to an activating group) is 1. The van der Waals surface area contributed by atoms with Gasteiger partial charge in [-0.1, -0.05) is 86.3 Å². The van der Waals surface area contributed by atoms with Crippen LogP contribution in [-0.4, -0.2) is 65.6 Å². The molecule has 0 aromatic heterocycles. The molecule has 2 N–H and O–H groups in total. The minimum atomic E-state index is -4.48. The highest BCUT2D eigenvalue weighted by atomic mass is 19.4. The first-order valence-corrected chi connectivity index (χ1v) is 16.5. The lowest BCUT2D eigenvalue weighted by Crippen LogP contribution is -2.49. The van der Waals surface area contributed by atoms with Gasteiger partial charge in [0.1, 0.15) is 6.10 Å². The quantitative estimate of drug-likeness (QED) is 0.173. The number of aliphatic hydroxyl groups is 1. The van der Waals surface area contributed by atoms with Crippen molar-refractivity contribution in [3.63, 3.8) is 0 Å². The normalized spacial score (nSPS) is 17.0. The molecular formula is C40H42F3N3O4. The van der Waals surface area contributed by atoms with Gasteiger partial charge in [-0.3, -0.25) is 14.5 Å². The molecular weight excluding hydrogens is 643 g/mol. The maximum absolute atomic E-state index is 13.8. The van der Waals surface area contributed by atoms with Crippen LogP contribution in [0, 0.1) is 5.92 Å². The molecule has 1 aliphatic heterocycles. The van der Waals surface area contributed by atoms with Gasteiger partial charge < -0.3 is 20.1 Å². The number of hydrogen-bond donors (Lipinski definition) is 2. The highest BCUT2D eigenvalue weighted by Crippen LogP contribution is 2.35. The lowest BCUT2D eigenvalue weighted by atomic mass is 9.98. The number of anilines is 1. The zero-order chi connectivity index (χ0) is 36.0. The summed E-state index contributed by atoms with van der Waals surface area (Å²) in [5.74, 6) is -0.758. The van der Waals surface area contributed by atoms with E-state index in [9.17, 15) is 27.9 Å². The van der Waals surface area contributed by atoms with E-state index in [-0.39, 0.29) is 41.9 Å². The van der Waals surface area contributed by atoms with Crippen LogP contribution in [0.1, 0.15) is 52.0 Å². The fraction of sp³-hybridized carbons (Fsp3) is 0.300. The minimum absolute atomic E-state index is 0.156. The molecule has 3 atom stereocenters. The molecule has 1 unspecified atom stereocenters. The van der Waals surface area contributed by atoms with Crippen molar-refractivity contribution in [2.75, 3.05) is 32.1 Å². The molecule has 1 heterocycles. The van der Waals surface area contributed by atoms with Crippen LogP contribution >= 0.6 is 0 Å². The number of carbonyl (C=O) groups is 2. The van der Waals surface area contributed by atoms with Crippen LogP contribution in [0.25, 0.3) is 5.57 Å². The van der Waals surface area contributed by atoms with Crippen LogP contribution in [0.15, 0.2) is 104 Å². The molecule has 0 fully saturated rings. The molecule has 0 saturated carbocycles. The first-order chi connectivity index (χ1) is 23.8. The highest BCUT2D eigenvalue weighted by molar-refractivity contribution is 6.02. The van der Waals surface area contributed by atoms with Gasteiger partial charge in [0.2, 0.25) is 5.91 Å². The van der Waals surface area contributed by atoms with E-state index in [1.54, 1.807) is 30.0 Å². The van der Waals surface area contributed by atoms with Crippen LogP contribution in [0.5, 0.6) is 5.75 Å². The molecule has 0 bridgehead atoms. The van der Waals surface area contributed by atoms with Crippen molar-refractivity contribution in [1.82, 2.24) is 9.80 Å². The van der Waals surface area contributed by atoms with Crippen molar-refractivity contribution in [1.29, 1.82) is 0 Å². The van der Waals surface area contributed by atoms with Crippen LogP contribution in [0.4, 0.5) is 18.9 Å². The fourth-order valence-electron chi connectivity index (χ4n) is 6.05. The highest BCUT2D eigenvalue weighted by Gasteiger charge is 2.35. The van der Waals surface area contributed by atoms with E-state index in [1.807, 2.05) is 44.3 Å². The molecule has 0 saturated heterocycles. The number of alkyl halides is 3. The lowest BCUT2D eigenvalue weighted by molar-refractivity contribution is -0.137. The molecule has 0 radical (unpaired) electrons. The van der Waals surface area contributed by atoms with E-state index >= 15 is 0 Å². The molecule has 10 heteroatoms. The molecule has 0 aliphatic carbocycles. The molecule has 262 valence electrons. The summed E-state index contributed by atoms with van der Waals surface area (Å²) >= 11 is 0. The number of nitrogens with one attached hydrogen (secondary N) is 1. The summed E-state index contributed by atoms with van der Waals surface area (Å²) in [6, 6.07) is 27.1. The Hall–Kier alpha value is -4.93. The second-order valence-electron chi connectivity index (χ2n) is 13.0. The lowest BCUT2D eigenvalue weighted by Gasteiger charge is -2.38. The van der Waals surface area contributed by atoms with Gasteiger partial charge in [0, 0.05) is 25.6 Å². The van der Waals surface area contributed by atoms with E-state index in [2.05, 4.69) is 41.1 Å². The van der Waals surface area contributed by atoms with Gasteiger partial charge in [0.15, 0.2) is 5.75 Å². The molecule has 4 aromatic rings. The number of hydrogen-bond acceptors (Lipinski definition) is 5. The first-order valence-electron chi connectivity index (χ1n) is 16.5. The third-order valence-electron chi connectivity index (χ3n) is 8.98. The monoisotopic (exact) mass is 685 g/mol. The van der Waals surface area contributed by atoms with E-state index < -0.39 is 29.8 Å². The first kappa shape index (κ1) is 36.4. The maximum atomic E-state index is 13.8. The Labute approximate surface area is 291 Å². The second-order valence-corrected chi connectivity index (χ2v) is 13.0. The topological polar surface area (TPSA) is 82.1 Å². The van der Waals surface area contributed by atoms with Crippen LogP contribution in [0.2, 0.25) is 0 Å². The Morgan fingerprint density at radius 2 is 1.62 bits per heavy atom. The van der Waals surface area contributed by atoms with Crippen molar-refractivity contribution in [3.05, 3.63) is 137 Å². The Kier molecular flexibility index (Phi) is 11.4. The summed E-state index contributed by atoms with van der Waals surface area (Å²) in [5.41, 5.74) is 4.26. The number of aliphatic hydroxyl groups excluding tert-OH is 1. The number of fused-ring (bicyclic) bond motifs is 1. The average Bonchev–Trinajstić information content (AvgIpc) is 3.10. The molecule has 2 amide bonds. The van der Waals surface area contributed by atoms with Gasteiger partial charge >= 0.3 is 6.18 Å². The van der Waals surface area contributed by atoms with E-state index in [4.69, 9.17) is 4.74 Å². The predicted octanol–water partition coefficient (Wildman–Crippen LogP) is 7.30. The number of para-hydroxylation sites is 1. The van der Waals surface area contributed by atoms with Gasteiger partial charge in [0.05, 0.1) is 35.9 Å². The van der Waals surface area contributed by atoms with Crippen molar-refractivity contribution >= 4 is 23.1 Å². The average molecular weight is 686 g/mol. The Morgan fingerprint density at radius 1 is 0.980 bits per heavy atom. The summed E-state index contributed by atoms with van der Waals surface area (Å²) in [6.45, 7) is 9.26. The molecule has 0 spiro atoms. The number of amides is 2. The SMILES string of the molecule is C=C(c1ccccc1)c1ccc(CN(C)C[C@H]2Oc3c(NC(=O)Cc4ccc(C(F)(F)F)cc4)cccc3C(=O)N(C(C)CO)C[C@H]2C)cc1. The van der Waals surface area contributed by atoms with Gasteiger partial charge in [-0.05, 0) is 66.1 Å². The van der Waals surface area contributed by atoms with Crippen LogP contribution in [0.3, 0.4) is 0 Å². The van der Waals surface area contributed by atoms with E-state index in [0.717, 1.165) is 34.4 Å². The predicted molar refractivity (Wildman–Crippen MR) is 189 cm³/mol. The summed E-state index contributed by atoms with van der Waals surface area (Å²) in [7, 11) is 1.99. The number of rotatable bonds is 11. The van der Waals surface area contributed by atoms with E-state index in [0.29, 0.717) is 25.2 Å². The number of halogens is 3. The van der Waals surface area contributed by atoms with E-state index in [1.165, 1.54) is 12.1 Å². The molecule has 4 aromatic carbocycles. The zero-order valence-electron chi connectivity index (χ0n) is 28.4. The number of ether oxygens (including phenoxy) is 1. The third kappa shape index (κ3) is 8.80. The largest absolute Gasteiger partial charge is 0.486 e. The Balaban J connectivity index is 1.35. The fourth-order valence-corrected chi connectivity index (χ4v) is 6.05. The summed E-state index contributed by atoms with van der Waals surface area (Å²) in [5, 5.41) is 12.8. The van der Waals surface area contributed by atoms with Gasteiger partial charge in [-0.15, -0.1) is 0 Å². The van der Waals surface area contributed by atoms with Gasteiger partial charge in [-0.25, -0.2) is 0 Å². The third-order valence-corrected chi connectivity index (χ3v) is 8.98. The molecule has 50 heavy (non-hydrogen) atoms. The second kappa shape index (κ2) is 15.7. The smallest absolute Gasteiger partial charge is 0.416 e. The van der Waals surface area contributed by atoms with Crippen LogP contribution < -0.4 is 10.1 Å². The molecule has 7 nitrogen and oxygen atoms in total. The van der Waals surface area contributed by atoms with Gasteiger partial charge in [0.25, 0.3) is 5.91 Å². The summed E-state index contributed by atoms with van der Waals surface area (Å²) in [4.78, 5) is 30.7. The van der Waals surface area contributed by atoms with Crippen molar-refractivity contribution < 1.29 is 32.6 Å². The molecule has 1 aliphatic rings. The van der Waals surface area contributed by atoms with Crippen molar-refractivity contribution in [2.24, 2.45) is 5.92 Å². The van der Waals surface area contributed by atoms with Crippen LogP contribution in [-0.2, 0) is 23.9 Å². The number of carbonyl (C=O) groups excluding carboxylic acids is 2. The van der Waals surface area contributed by atoms with Gasteiger partial charge in [-0.2, -0.15) is 13.2 Å². The number of benzene rings is 4. The zero-order valence-corrected chi connectivity index (χ0v) is 28.4. The summed E-state index contributed by atoms with van der Waals surface area (Å²) in [6.07, 6.45) is -5.06. The Morgan fingerprint density at radius 3 is 2.26 bits per heavy atom. The minimum Gasteiger partial charge on any atom is -0.486 e. The van der Waals surface area contributed by atoms with Crippen molar-refractivity contribution in [2.45, 2.75) is 45.1 Å². The van der Waals surface area contributed by atoms with Crippen molar-refractivity contribution in [3.8, 4) is 5.75 Å². The molecule has 5 rings (SSSR count). The maximum Gasteiger partial charge on any atom is 0.416 e. The Bertz CT molecular complexity index is 1790. The number of nitrogens with zero attached hydrogens (tertiary/aromatic N) is 2. The standard InChI is InChI=1S/C40H42F3N3O4/c1-26-22-46(27(2)25-47)39(49)34-11-8-12-35(44-37(48)21-29-15-19-33(20-16-29)40(41,42)43)38(34)50-36(26)24-45(4)23-30-13-17-32(18-14-30)28(3)31-9-6-5-7-10-31/h5-20,26-27,36,47H,3,21-25H2,1-2,4H3,(H,44,48)/t26-,27?,36-/m1/s1. The summed E-state index contributed by atoms with van der Waals surface area (Å²) < 4.78 is 45.7.